The molecule has 0 unspecified atom stereocenters. The summed E-state index contributed by atoms with van der Waals surface area (Å²) in [6, 6.07) is 11.8. The van der Waals surface area contributed by atoms with Crippen molar-refractivity contribution in [3.05, 3.63) is 57.6 Å². The number of thioether (sulfide) groups is 1. The number of aromatic nitrogens is 3. The molecule has 0 atom stereocenters. The number of hydrogen-bond acceptors (Lipinski definition) is 8. The second kappa shape index (κ2) is 10.5. The zero-order valence-corrected chi connectivity index (χ0v) is 21.6. The number of benzene rings is 1. The highest BCUT2D eigenvalue weighted by Gasteiger charge is 2.23. The van der Waals surface area contributed by atoms with Crippen LogP contribution in [0.1, 0.15) is 35.1 Å². The van der Waals surface area contributed by atoms with Gasteiger partial charge in [-0.3, -0.25) is 9.36 Å². The van der Waals surface area contributed by atoms with Crippen molar-refractivity contribution in [1.29, 1.82) is 0 Å². The van der Waals surface area contributed by atoms with Crippen molar-refractivity contribution >= 4 is 51.3 Å². The van der Waals surface area contributed by atoms with E-state index in [9.17, 15) is 9.59 Å². The number of amides is 1. The van der Waals surface area contributed by atoms with Crippen LogP contribution in [-0.4, -0.2) is 39.5 Å². The van der Waals surface area contributed by atoms with Gasteiger partial charge in [-0.25, -0.2) is 4.79 Å². The van der Waals surface area contributed by atoms with Crippen LogP contribution in [-0.2, 0) is 9.53 Å². The van der Waals surface area contributed by atoms with Crippen LogP contribution in [0.2, 0.25) is 0 Å². The summed E-state index contributed by atoms with van der Waals surface area (Å²) >= 11 is 4.29. The summed E-state index contributed by atoms with van der Waals surface area (Å²) in [6.45, 7) is 6.19. The Morgan fingerprint density at radius 3 is 2.53 bits per heavy atom. The first-order valence-electron chi connectivity index (χ1n) is 10.6. The molecule has 0 fully saturated rings. The maximum Gasteiger partial charge on any atom is 0.341 e. The summed E-state index contributed by atoms with van der Waals surface area (Å²) in [5.41, 5.74) is 3.00. The Morgan fingerprint density at radius 1 is 1.12 bits per heavy atom. The molecule has 4 aromatic rings. The van der Waals surface area contributed by atoms with E-state index in [0.717, 1.165) is 22.5 Å². The van der Waals surface area contributed by atoms with Crippen LogP contribution in [0.15, 0.2) is 52.3 Å². The Hall–Kier alpha value is -2.95. The first-order chi connectivity index (χ1) is 16.4. The standard InChI is InChI=1S/C24H24N4O3S3/c1-14(2)28-21(17-10-15(3)32-11-17)26-27-24(28)34-13-19(29)25-22-20(23(30)31-4)18(12-33-22)16-8-6-5-7-9-16/h5-12,14H,13H2,1-4H3,(H,25,29). The fourth-order valence-electron chi connectivity index (χ4n) is 3.48. The van der Waals surface area contributed by atoms with Gasteiger partial charge in [0.05, 0.1) is 12.9 Å². The average Bonchev–Trinajstić information content (AvgIpc) is 3.55. The average molecular weight is 513 g/mol. The number of thiophene rings is 2. The largest absolute Gasteiger partial charge is 0.465 e. The quantitative estimate of drug-likeness (QED) is 0.225. The minimum atomic E-state index is -0.488. The molecule has 7 nitrogen and oxygen atoms in total. The van der Waals surface area contributed by atoms with Crippen LogP contribution in [0.3, 0.4) is 0 Å². The minimum Gasteiger partial charge on any atom is -0.465 e. The number of nitrogens with one attached hydrogen (secondary N) is 1. The van der Waals surface area contributed by atoms with E-state index in [1.54, 1.807) is 11.3 Å². The van der Waals surface area contributed by atoms with Crippen LogP contribution in [0.5, 0.6) is 0 Å². The number of anilines is 1. The lowest BCUT2D eigenvalue weighted by Crippen LogP contribution is -2.16. The molecule has 0 spiro atoms. The Morgan fingerprint density at radius 2 is 1.88 bits per heavy atom. The number of aryl methyl sites for hydroxylation is 1. The van der Waals surface area contributed by atoms with Gasteiger partial charge in [-0.05, 0) is 32.4 Å². The van der Waals surface area contributed by atoms with Crippen molar-refractivity contribution in [3.63, 3.8) is 0 Å². The number of esters is 1. The monoisotopic (exact) mass is 512 g/mol. The highest BCUT2D eigenvalue weighted by atomic mass is 32.2. The molecular weight excluding hydrogens is 488 g/mol. The fraction of sp³-hybridized carbons (Fsp3) is 0.250. The molecule has 1 amide bonds. The SMILES string of the molecule is COC(=O)c1c(-c2ccccc2)csc1NC(=O)CSc1nnc(-c2csc(C)c2)n1C(C)C. The van der Waals surface area contributed by atoms with Gasteiger partial charge in [-0.15, -0.1) is 32.9 Å². The summed E-state index contributed by atoms with van der Waals surface area (Å²) in [7, 11) is 1.33. The number of methoxy groups -OCH3 is 1. The molecule has 3 aromatic heterocycles. The van der Waals surface area contributed by atoms with Crippen LogP contribution < -0.4 is 5.32 Å². The number of hydrogen-bond donors (Lipinski definition) is 1. The van der Waals surface area contributed by atoms with Crippen molar-refractivity contribution in [2.24, 2.45) is 0 Å². The second-order valence-electron chi connectivity index (χ2n) is 7.76. The van der Waals surface area contributed by atoms with Crippen LogP contribution in [0.4, 0.5) is 5.00 Å². The van der Waals surface area contributed by atoms with Gasteiger partial charge in [-0.1, -0.05) is 42.1 Å². The molecule has 0 radical (unpaired) electrons. The second-order valence-corrected chi connectivity index (χ2v) is 10.7. The normalized spacial score (nSPS) is 11.1. The van der Waals surface area contributed by atoms with Gasteiger partial charge < -0.3 is 10.1 Å². The molecule has 0 bridgehead atoms. The number of carbonyl (C=O) groups excluding carboxylic acids is 2. The van der Waals surface area contributed by atoms with E-state index in [0.29, 0.717) is 15.7 Å². The minimum absolute atomic E-state index is 0.132. The summed E-state index contributed by atoms with van der Waals surface area (Å²) in [5, 5.41) is 16.7. The Labute approximate surface area is 210 Å². The summed E-state index contributed by atoms with van der Waals surface area (Å²) in [5.74, 6) is 0.203. The predicted octanol–water partition coefficient (Wildman–Crippen LogP) is 6.14. The van der Waals surface area contributed by atoms with Gasteiger partial charge in [0, 0.05) is 32.8 Å². The van der Waals surface area contributed by atoms with E-state index in [4.69, 9.17) is 4.74 Å². The lowest BCUT2D eigenvalue weighted by atomic mass is 10.0. The molecule has 0 saturated carbocycles. The topological polar surface area (TPSA) is 86.1 Å². The third-order valence-electron chi connectivity index (χ3n) is 5.02. The van der Waals surface area contributed by atoms with E-state index in [1.807, 2.05) is 40.3 Å². The van der Waals surface area contributed by atoms with Crippen LogP contribution in [0.25, 0.3) is 22.5 Å². The molecule has 1 N–H and O–H groups in total. The molecule has 0 aliphatic heterocycles. The number of nitrogens with zero attached hydrogens (tertiary/aromatic N) is 3. The number of rotatable bonds is 8. The van der Waals surface area contributed by atoms with E-state index in [-0.39, 0.29) is 17.7 Å². The third-order valence-corrected chi connectivity index (χ3v) is 7.72. The molecular formula is C24H24N4O3S3. The van der Waals surface area contributed by atoms with E-state index in [1.165, 1.54) is 35.1 Å². The van der Waals surface area contributed by atoms with Crippen LogP contribution >= 0.6 is 34.4 Å². The first-order valence-corrected chi connectivity index (χ1v) is 13.3. The molecule has 4 rings (SSSR count). The van der Waals surface area contributed by atoms with Crippen LogP contribution in [0, 0.1) is 6.92 Å². The Balaban J connectivity index is 1.52. The Bertz CT molecular complexity index is 1310. The first kappa shape index (κ1) is 24.2. The van der Waals surface area contributed by atoms with Gasteiger partial charge >= 0.3 is 5.97 Å². The van der Waals surface area contributed by atoms with Gasteiger partial charge in [0.1, 0.15) is 10.6 Å². The van der Waals surface area contributed by atoms with Crippen molar-refractivity contribution < 1.29 is 14.3 Å². The maximum atomic E-state index is 12.8. The molecule has 1 aromatic carbocycles. The third kappa shape index (κ3) is 5.08. The van der Waals surface area contributed by atoms with Crippen molar-refractivity contribution in [2.45, 2.75) is 32.0 Å². The highest BCUT2D eigenvalue weighted by Crippen LogP contribution is 2.36. The molecule has 0 aliphatic rings. The number of carbonyl (C=O) groups is 2. The zero-order valence-electron chi connectivity index (χ0n) is 19.2. The molecule has 0 aliphatic carbocycles. The molecule has 10 heteroatoms. The van der Waals surface area contributed by atoms with Gasteiger partial charge in [-0.2, -0.15) is 0 Å². The van der Waals surface area contributed by atoms with Gasteiger partial charge in [0.15, 0.2) is 11.0 Å². The molecule has 0 saturated heterocycles. The number of ether oxygens (including phenoxy) is 1. The molecule has 3 heterocycles. The fourth-order valence-corrected chi connectivity index (χ4v) is 6.00. The predicted molar refractivity (Wildman–Crippen MR) is 139 cm³/mol. The lowest BCUT2D eigenvalue weighted by molar-refractivity contribution is -0.113. The van der Waals surface area contributed by atoms with Gasteiger partial charge in [0.25, 0.3) is 0 Å². The van der Waals surface area contributed by atoms with E-state index >= 15 is 0 Å². The van der Waals surface area contributed by atoms with E-state index < -0.39 is 5.97 Å². The highest BCUT2D eigenvalue weighted by molar-refractivity contribution is 7.99. The van der Waals surface area contributed by atoms with Crippen molar-refractivity contribution in [2.75, 3.05) is 18.2 Å². The lowest BCUT2D eigenvalue weighted by Gasteiger charge is -2.13. The van der Waals surface area contributed by atoms with Crippen molar-refractivity contribution in [1.82, 2.24) is 14.8 Å². The molecule has 176 valence electrons. The summed E-state index contributed by atoms with van der Waals surface area (Å²) < 4.78 is 7.03. The Kier molecular flexibility index (Phi) is 7.50. The smallest absolute Gasteiger partial charge is 0.341 e. The zero-order chi connectivity index (χ0) is 24.2. The maximum absolute atomic E-state index is 12.8. The molecule has 34 heavy (non-hydrogen) atoms. The summed E-state index contributed by atoms with van der Waals surface area (Å²) in [6.07, 6.45) is 0. The van der Waals surface area contributed by atoms with Gasteiger partial charge in [0.2, 0.25) is 5.91 Å². The van der Waals surface area contributed by atoms with E-state index in [2.05, 4.69) is 47.7 Å². The van der Waals surface area contributed by atoms with Crippen molar-refractivity contribution in [3.8, 4) is 22.5 Å². The summed E-state index contributed by atoms with van der Waals surface area (Å²) in [4.78, 5) is 26.5.